The zero-order chi connectivity index (χ0) is 24.1. The van der Waals surface area contributed by atoms with Crippen LogP contribution in [0.3, 0.4) is 0 Å². The average Bonchev–Trinajstić information content (AvgIpc) is 3.31. The third-order valence-corrected chi connectivity index (χ3v) is 6.10. The molecule has 4 aromatic rings. The molecule has 2 aromatic heterocycles. The summed E-state index contributed by atoms with van der Waals surface area (Å²) in [5.74, 6) is 0.832. The van der Waals surface area contributed by atoms with Crippen molar-refractivity contribution in [1.82, 2.24) is 15.0 Å². The van der Waals surface area contributed by atoms with Crippen LogP contribution in [-0.4, -0.2) is 41.3 Å². The van der Waals surface area contributed by atoms with Gasteiger partial charge in [0, 0.05) is 24.7 Å². The zero-order valence-electron chi connectivity index (χ0n) is 18.7. The second-order valence-electron chi connectivity index (χ2n) is 7.12. The Bertz CT molecular complexity index is 1240. The van der Waals surface area contributed by atoms with Crippen molar-refractivity contribution in [3.05, 3.63) is 60.4 Å². The van der Waals surface area contributed by atoms with Crippen LogP contribution in [0, 0.1) is 0 Å². The summed E-state index contributed by atoms with van der Waals surface area (Å²) in [6.07, 6.45) is -3.06. The Kier molecular flexibility index (Phi) is 7.28. The summed E-state index contributed by atoms with van der Waals surface area (Å²) in [6, 6.07) is 12.1. The first kappa shape index (κ1) is 23.9. The molecule has 178 valence electrons. The van der Waals surface area contributed by atoms with Crippen LogP contribution in [0.4, 0.5) is 18.3 Å². The van der Waals surface area contributed by atoms with Crippen LogP contribution in [0.5, 0.6) is 11.6 Å². The van der Waals surface area contributed by atoms with Crippen molar-refractivity contribution < 1.29 is 22.6 Å². The minimum atomic E-state index is -4.38. The van der Waals surface area contributed by atoms with E-state index < -0.39 is 11.7 Å². The number of benzene rings is 2. The van der Waals surface area contributed by atoms with E-state index in [9.17, 15) is 13.2 Å². The first-order chi connectivity index (χ1) is 16.5. The van der Waals surface area contributed by atoms with Crippen LogP contribution in [0.2, 0.25) is 0 Å². The standard InChI is InChI=1S/C22H17F3N4O2S.C2H6/c23-22(24,25)15-6-4-14(5-7-15)16-12-19(27-13-26-16)31-17-2-1-3-18-20(17)28-21(32-18)29-8-10-30-11-9-29;1-2/h1-7,12-13H,8-11H2;1-2H3. The van der Waals surface area contributed by atoms with Crippen molar-refractivity contribution in [1.29, 1.82) is 0 Å². The topological polar surface area (TPSA) is 60.4 Å². The maximum atomic E-state index is 12.8. The van der Waals surface area contributed by atoms with Crippen molar-refractivity contribution in [2.45, 2.75) is 20.0 Å². The molecule has 0 unspecified atom stereocenters. The Morgan fingerprint density at radius 1 is 1.00 bits per heavy atom. The minimum Gasteiger partial charge on any atom is -0.437 e. The van der Waals surface area contributed by atoms with Crippen LogP contribution >= 0.6 is 11.3 Å². The van der Waals surface area contributed by atoms with Gasteiger partial charge < -0.3 is 14.4 Å². The Balaban J connectivity index is 0.00000133. The quantitative estimate of drug-likeness (QED) is 0.330. The number of anilines is 1. The summed E-state index contributed by atoms with van der Waals surface area (Å²) in [7, 11) is 0. The molecule has 1 aliphatic rings. The normalized spacial score (nSPS) is 14.0. The largest absolute Gasteiger partial charge is 0.437 e. The van der Waals surface area contributed by atoms with Crippen molar-refractivity contribution in [2.24, 2.45) is 0 Å². The van der Waals surface area contributed by atoms with Gasteiger partial charge in [-0.05, 0) is 24.3 Å². The van der Waals surface area contributed by atoms with E-state index in [2.05, 4.69) is 14.9 Å². The number of fused-ring (bicyclic) bond motifs is 1. The molecular weight excluding hydrogens is 465 g/mol. The van der Waals surface area contributed by atoms with E-state index in [-0.39, 0.29) is 5.88 Å². The van der Waals surface area contributed by atoms with Gasteiger partial charge in [0.2, 0.25) is 5.88 Å². The van der Waals surface area contributed by atoms with E-state index in [4.69, 9.17) is 14.5 Å². The molecule has 0 spiro atoms. The number of para-hydroxylation sites is 1. The van der Waals surface area contributed by atoms with Gasteiger partial charge in [-0.3, -0.25) is 0 Å². The number of hydrogen-bond donors (Lipinski definition) is 0. The number of aromatic nitrogens is 3. The second-order valence-corrected chi connectivity index (χ2v) is 8.13. The van der Waals surface area contributed by atoms with Crippen LogP contribution < -0.4 is 9.64 Å². The highest BCUT2D eigenvalue weighted by atomic mass is 32.1. The molecule has 1 aliphatic heterocycles. The smallest absolute Gasteiger partial charge is 0.416 e. The Morgan fingerprint density at radius 3 is 2.44 bits per heavy atom. The summed E-state index contributed by atoms with van der Waals surface area (Å²) >= 11 is 1.59. The van der Waals surface area contributed by atoms with Gasteiger partial charge in [0.25, 0.3) is 0 Å². The fraction of sp³-hybridized carbons (Fsp3) is 0.292. The zero-order valence-corrected chi connectivity index (χ0v) is 19.5. The maximum Gasteiger partial charge on any atom is 0.416 e. The van der Waals surface area contributed by atoms with Gasteiger partial charge >= 0.3 is 6.18 Å². The van der Waals surface area contributed by atoms with Gasteiger partial charge in [-0.1, -0.05) is 43.4 Å². The SMILES string of the molecule is CC.FC(F)(F)c1ccc(-c2cc(Oc3cccc4sc(N5CCOCC5)nc34)ncn2)cc1. The highest BCUT2D eigenvalue weighted by Crippen LogP contribution is 2.36. The van der Waals surface area contributed by atoms with Crippen LogP contribution in [0.15, 0.2) is 54.9 Å². The first-order valence-corrected chi connectivity index (χ1v) is 11.7. The van der Waals surface area contributed by atoms with Gasteiger partial charge in [0.15, 0.2) is 10.9 Å². The lowest BCUT2D eigenvalue weighted by Crippen LogP contribution is -2.36. The molecule has 2 aromatic carbocycles. The maximum absolute atomic E-state index is 12.8. The molecule has 5 rings (SSSR count). The van der Waals surface area contributed by atoms with Crippen LogP contribution in [0.1, 0.15) is 19.4 Å². The van der Waals surface area contributed by atoms with E-state index in [1.807, 2.05) is 32.0 Å². The summed E-state index contributed by atoms with van der Waals surface area (Å²) in [6.45, 7) is 6.93. The van der Waals surface area contributed by atoms with Gasteiger partial charge in [-0.15, -0.1) is 0 Å². The molecule has 0 aliphatic carbocycles. The van der Waals surface area contributed by atoms with E-state index in [1.54, 1.807) is 17.4 Å². The molecule has 0 saturated carbocycles. The third kappa shape index (κ3) is 5.28. The van der Waals surface area contributed by atoms with Crippen LogP contribution in [-0.2, 0) is 10.9 Å². The number of ether oxygens (including phenoxy) is 2. The van der Waals surface area contributed by atoms with Crippen molar-refractivity contribution in [3.63, 3.8) is 0 Å². The molecule has 0 radical (unpaired) electrons. The monoisotopic (exact) mass is 488 g/mol. The van der Waals surface area contributed by atoms with Gasteiger partial charge in [-0.2, -0.15) is 13.2 Å². The molecule has 1 fully saturated rings. The minimum absolute atomic E-state index is 0.281. The Morgan fingerprint density at radius 2 is 1.74 bits per heavy atom. The number of alkyl halides is 3. The Hall–Kier alpha value is -3.24. The van der Waals surface area contributed by atoms with Crippen molar-refractivity contribution >= 4 is 26.7 Å². The fourth-order valence-electron chi connectivity index (χ4n) is 3.38. The number of morpholine rings is 1. The van der Waals surface area contributed by atoms with Crippen molar-refractivity contribution in [2.75, 3.05) is 31.2 Å². The molecule has 0 amide bonds. The van der Waals surface area contributed by atoms with Crippen LogP contribution in [0.25, 0.3) is 21.5 Å². The van der Waals surface area contributed by atoms with E-state index >= 15 is 0 Å². The highest BCUT2D eigenvalue weighted by molar-refractivity contribution is 7.22. The van der Waals surface area contributed by atoms with Gasteiger partial charge in [-0.25, -0.2) is 15.0 Å². The summed E-state index contributed by atoms with van der Waals surface area (Å²) in [4.78, 5) is 15.3. The summed E-state index contributed by atoms with van der Waals surface area (Å²) in [5, 5.41) is 0.910. The number of hydrogen-bond acceptors (Lipinski definition) is 7. The summed E-state index contributed by atoms with van der Waals surface area (Å²) < 4.78 is 50.8. The van der Waals surface area contributed by atoms with Gasteiger partial charge in [0.05, 0.1) is 29.2 Å². The lowest BCUT2D eigenvalue weighted by atomic mass is 10.1. The molecule has 0 bridgehead atoms. The first-order valence-electron chi connectivity index (χ1n) is 10.9. The molecule has 0 atom stereocenters. The molecular formula is C24H23F3N4O2S. The second kappa shape index (κ2) is 10.4. The van der Waals surface area contributed by atoms with Gasteiger partial charge in [0.1, 0.15) is 11.8 Å². The van der Waals surface area contributed by atoms with E-state index in [0.717, 1.165) is 40.6 Å². The predicted molar refractivity (Wildman–Crippen MR) is 127 cm³/mol. The number of thiazole rings is 1. The highest BCUT2D eigenvalue weighted by Gasteiger charge is 2.30. The van der Waals surface area contributed by atoms with Crippen molar-refractivity contribution in [3.8, 4) is 22.9 Å². The molecule has 6 nitrogen and oxygen atoms in total. The number of nitrogens with zero attached hydrogens (tertiary/aromatic N) is 4. The lowest BCUT2D eigenvalue weighted by molar-refractivity contribution is -0.137. The molecule has 0 N–H and O–H groups in total. The molecule has 10 heteroatoms. The number of halogens is 3. The number of rotatable bonds is 4. The summed E-state index contributed by atoms with van der Waals surface area (Å²) in [5.41, 5.74) is 1.02. The molecule has 3 heterocycles. The molecule has 1 saturated heterocycles. The van der Waals surface area contributed by atoms with E-state index in [0.29, 0.717) is 30.2 Å². The third-order valence-electron chi connectivity index (χ3n) is 5.02. The average molecular weight is 489 g/mol. The lowest BCUT2D eigenvalue weighted by Gasteiger charge is -2.25. The fourth-order valence-corrected chi connectivity index (χ4v) is 4.41. The predicted octanol–water partition coefficient (Wildman–Crippen LogP) is 6.43. The molecule has 34 heavy (non-hydrogen) atoms. The van der Waals surface area contributed by atoms with E-state index in [1.165, 1.54) is 18.5 Å². The Labute approximate surface area is 199 Å².